The van der Waals surface area contributed by atoms with E-state index in [0.29, 0.717) is 23.9 Å². The van der Waals surface area contributed by atoms with Gasteiger partial charge in [0.25, 0.3) is 0 Å². The van der Waals surface area contributed by atoms with Gasteiger partial charge in [-0.25, -0.2) is 0 Å². The number of benzene rings is 3. The van der Waals surface area contributed by atoms with Crippen molar-refractivity contribution < 1.29 is 28.8 Å². The fourth-order valence-electron chi connectivity index (χ4n) is 4.26. The number of rotatable bonds is 12. The van der Waals surface area contributed by atoms with Gasteiger partial charge < -0.3 is 33.7 Å². The van der Waals surface area contributed by atoms with E-state index in [1.807, 2.05) is 61.9 Å². The highest BCUT2D eigenvalue weighted by Gasteiger charge is 2.31. The van der Waals surface area contributed by atoms with Gasteiger partial charge in [-0.05, 0) is 59.7 Å². The molecule has 1 heterocycles. The van der Waals surface area contributed by atoms with Crippen molar-refractivity contribution in [2.24, 2.45) is 0 Å². The first-order valence-electron chi connectivity index (χ1n) is 12.4. The number of methoxy groups -OCH3 is 4. The topological polar surface area (TPSA) is 69.6 Å². The molecule has 1 N–H and O–H groups in total. The molecule has 4 rings (SSSR count). The van der Waals surface area contributed by atoms with Crippen molar-refractivity contribution in [1.82, 2.24) is 0 Å². The first kappa shape index (κ1) is 29.3. The van der Waals surface area contributed by atoms with Gasteiger partial charge in [-0.3, -0.25) is 0 Å². The van der Waals surface area contributed by atoms with Crippen LogP contribution in [0.5, 0.6) is 34.5 Å². The number of thioether (sulfide) groups is 3. The molecular formula is C29H35NO6S3. The lowest BCUT2D eigenvalue weighted by Gasteiger charge is -2.23. The van der Waals surface area contributed by atoms with Gasteiger partial charge >= 0.3 is 0 Å². The van der Waals surface area contributed by atoms with Gasteiger partial charge in [-0.2, -0.15) is 0 Å². The summed E-state index contributed by atoms with van der Waals surface area (Å²) in [4.78, 5) is 3.15. The van der Waals surface area contributed by atoms with E-state index >= 15 is 0 Å². The highest BCUT2D eigenvalue weighted by molar-refractivity contribution is 8.19. The zero-order valence-electron chi connectivity index (χ0n) is 23.1. The molecule has 0 unspecified atom stereocenters. The van der Waals surface area contributed by atoms with Crippen molar-refractivity contribution in [2.45, 2.75) is 14.7 Å². The van der Waals surface area contributed by atoms with Crippen LogP contribution in [-0.2, 0) is 0 Å². The maximum absolute atomic E-state index is 9.48. The van der Waals surface area contributed by atoms with Crippen molar-refractivity contribution in [3.05, 3.63) is 59.7 Å². The Kier molecular flexibility index (Phi) is 10.2. The molecule has 10 heteroatoms. The Hall–Kier alpha value is -2.69. The summed E-state index contributed by atoms with van der Waals surface area (Å²) < 4.78 is 29.0. The average molecular weight is 590 g/mol. The van der Waals surface area contributed by atoms with Crippen molar-refractivity contribution in [3.8, 4) is 34.5 Å². The fourth-order valence-corrected chi connectivity index (χ4v) is 8.25. The number of nitrogens with zero attached hydrogens (tertiary/aromatic N) is 1. The van der Waals surface area contributed by atoms with Gasteiger partial charge in [-0.1, -0.05) is 0 Å². The average Bonchev–Trinajstić information content (AvgIpc) is 3.45. The van der Waals surface area contributed by atoms with Gasteiger partial charge in [0.15, 0.2) is 23.0 Å². The van der Waals surface area contributed by atoms with Crippen LogP contribution >= 0.6 is 35.3 Å². The highest BCUT2D eigenvalue weighted by atomic mass is 32.2. The summed E-state index contributed by atoms with van der Waals surface area (Å²) in [6, 6.07) is 15.6. The predicted octanol–water partition coefficient (Wildman–Crippen LogP) is 6.88. The third-order valence-electron chi connectivity index (χ3n) is 6.21. The van der Waals surface area contributed by atoms with Crippen LogP contribution in [0.3, 0.4) is 0 Å². The molecule has 1 aliphatic heterocycles. The van der Waals surface area contributed by atoms with E-state index < -0.39 is 0 Å². The highest BCUT2D eigenvalue weighted by Crippen LogP contribution is 2.58. The molecule has 0 aliphatic carbocycles. The Morgan fingerprint density at radius 3 is 2.05 bits per heavy atom. The second-order valence-electron chi connectivity index (χ2n) is 8.91. The maximum Gasteiger partial charge on any atom is 0.203 e. The van der Waals surface area contributed by atoms with Gasteiger partial charge in [0.05, 0.1) is 45.3 Å². The lowest BCUT2D eigenvalue weighted by atomic mass is 10.1. The summed E-state index contributed by atoms with van der Waals surface area (Å²) in [5.41, 5.74) is 3.32. The third-order valence-corrected chi connectivity index (χ3v) is 10.5. The Labute approximate surface area is 243 Å². The summed E-state index contributed by atoms with van der Waals surface area (Å²) in [6.45, 7) is 0.526. The minimum absolute atomic E-state index is 0.237. The van der Waals surface area contributed by atoms with E-state index in [2.05, 4.69) is 17.0 Å². The van der Waals surface area contributed by atoms with Gasteiger partial charge in [0.1, 0.15) is 5.75 Å². The minimum atomic E-state index is 0.237. The predicted molar refractivity (Wildman–Crippen MR) is 163 cm³/mol. The molecule has 0 bridgehead atoms. The van der Waals surface area contributed by atoms with Crippen molar-refractivity contribution in [3.63, 3.8) is 0 Å². The van der Waals surface area contributed by atoms with Gasteiger partial charge in [0, 0.05) is 35.7 Å². The fraction of sp³-hybridized carbons (Fsp3) is 0.379. The van der Waals surface area contributed by atoms with Gasteiger partial charge in [-0.15, -0.1) is 35.3 Å². The van der Waals surface area contributed by atoms with Crippen LogP contribution in [0.4, 0.5) is 5.69 Å². The molecule has 0 saturated carbocycles. The van der Waals surface area contributed by atoms with Crippen LogP contribution in [0, 0.1) is 0 Å². The van der Waals surface area contributed by atoms with Crippen LogP contribution in [0.15, 0.2) is 53.4 Å². The van der Waals surface area contributed by atoms with E-state index in [1.54, 1.807) is 52.3 Å². The zero-order chi connectivity index (χ0) is 27.9. The first-order valence-corrected chi connectivity index (χ1v) is 15.4. The summed E-state index contributed by atoms with van der Waals surface area (Å²) >= 11 is 5.51. The monoisotopic (exact) mass is 589 g/mol. The largest absolute Gasteiger partial charge is 0.508 e. The number of hydrogen-bond acceptors (Lipinski definition) is 10. The molecule has 0 aromatic heterocycles. The zero-order valence-corrected chi connectivity index (χ0v) is 25.5. The number of anilines is 1. The lowest BCUT2D eigenvalue weighted by Crippen LogP contribution is -2.13. The molecule has 3 aromatic carbocycles. The molecule has 1 aliphatic rings. The van der Waals surface area contributed by atoms with E-state index in [-0.39, 0.29) is 15.6 Å². The van der Waals surface area contributed by atoms with Crippen molar-refractivity contribution in [1.29, 1.82) is 0 Å². The van der Waals surface area contributed by atoms with Gasteiger partial charge in [0.2, 0.25) is 5.75 Å². The third kappa shape index (κ3) is 6.91. The molecule has 3 aromatic rings. The molecule has 0 amide bonds. The van der Waals surface area contributed by atoms with Crippen LogP contribution in [0.1, 0.15) is 21.0 Å². The Bertz CT molecular complexity index is 1230. The number of hydrogen-bond donors (Lipinski definition) is 1. The van der Waals surface area contributed by atoms with Crippen LogP contribution in [0.25, 0.3) is 0 Å². The molecule has 1 saturated heterocycles. The molecule has 39 heavy (non-hydrogen) atoms. The van der Waals surface area contributed by atoms with Crippen LogP contribution < -0.4 is 28.6 Å². The number of phenols is 1. The Morgan fingerprint density at radius 1 is 0.846 bits per heavy atom. The Morgan fingerprint density at radius 2 is 1.46 bits per heavy atom. The van der Waals surface area contributed by atoms with Crippen molar-refractivity contribution in [2.75, 3.05) is 65.5 Å². The molecule has 1 fully saturated rings. The van der Waals surface area contributed by atoms with E-state index in [9.17, 15) is 5.11 Å². The second kappa shape index (κ2) is 13.6. The molecule has 2 atom stereocenters. The van der Waals surface area contributed by atoms with Crippen molar-refractivity contribution >= 4 is 41.0 Å². The normalized spacial score (nSPS) is 16.6. The standard InChI is InChI=1S/C29H35NO6S3/c1-30(2)22-13-19(16-23(32-3)27(22)36-11-12-37-21-9-7-20(31)8-10-21)29-38-17-26(39-29)18-14-24(33-4)28(35-6)25(15-18)34-5/h7-10,13-16,26,29,31H,11-12,17H2,1-6H3/t26-,29+/m1/s1. The summed E-state index contributed by atoms with van der Waals surface area (Å²) in [5.74, 6) is 5.41. The number of phenolic OH excluding ortho intramolecular Hbond substituents is 1. The Balaban J connectivity index is 1.50. The SMILES string of the molecule is COc1cc([C@H]2CS[C@H](c3cc(OC)c(OCCSc4ccc(O)cc4)c(N(C)C)c3)S2)cc(OC)c1OC. The summed E-state index contributed by atoms with van der Waals surface area (Å²) in [5, 5.41) is 9.76. The number of ether oxygens (including phenoxy) is 5. The molecule has 0 spiro atoms. The smallest absolute Gasteiger partial charge is 0.203 e. The minimum Gasteiger partial charge on any atom is -0.508 e. The summed E-state index contributed by atoms with van der Waals surface area (Å²) in [6.07, 6.45) is 0. The van der Waals surface area contributed by atoms with E-state index in [4.69, 9.17) is 23.7 Å². The number of aromatic hydroxyl groups is 1. The summed E-state index contributed by atoms with van der Waals surface area (Å²) in [7, 11) is 10.6. The molecule has 210 valence electrons. The van der Waals surface area contributed by atoms with Crippen LogP contribution in [0.2, 0.25) is 0 Å². The van der Waals surface area contributed by atoms with E-state index in [1.165, 1.54) is 5.56 Å². The first-order chi connectivity index (χ1) is 18.9. The second-order valence-corrected chi connectivity index (χ2v) is 12.8. The quantitative estimate of drug-likeness (QED) is 0.179. The maximum atomic E-state index is 9.48. The lowest BCUT2D eigenvalue weighted by molar-refractivity contribution is 0.314. The molecule has 7 nitrogen and oxygen atoms in total. The molecular weight excluding hydrogens is 555 g/mol. The van der Waals surface area contributed by atoms with E-state index in [0.717, 1.165) is 39.2 Å². The van der Waals surface area contributed by atoms with Crippen LogP contribution in [-0.4, -0.2) is 65.8 Å². The molecule has 0 radical (unpaired) electrons.